The van der Waals surface area contributed by atoms with E-state index >= 15 is 0 Å². The van der Waals surface area contributed by atoms with E-state index in [1.165, 1.54) is 56.6 Å². The molecule has 0 aliphatic rings. The third-order valence-corrected chi connectivity index (χ3v) is 2.47. The van der Waals surface area contributed by atoms with E-state index in [0.717, 1.165) is 0 Å². The van der Waals surface area contributed by atoms with Crippen molar-refractivity contribution in [3.63, 3.8) is 0 Å². The van der Waals surface area contributed by atoms with Crippen molar-refractivity contribution < 1.29 is 0 Å². The van der Waals surface area contributed by atoms with Gasteiger partial charge < -0.3 is 0 Å². The van der Waals surface area contributed by atoms with Crippen LogP contribution in [0.5, 0.6) is 0 Å². The van der Waals surface area contributed by atoms with Crippen LogP contribution in [-0.2, 0) is 0 Å². The van der Waals surface area contributed by atoms with Gasteiger partial charge in [0.05, 0.1) is 0 Å². The normalized spacial score (nSPS) is 10.5. The van der Waals surface area contributed by atoms with Crippen LogP contribution in [0, 0.1) is 0 Å². The molecule has 0 amide bonds. The summed E-state index contributed by atoms with van der Waals surface area (Å²) < 4.78 is 0. The second-order valence-electron chi connectivity index (χ2n) is 3.26. The third kappa shape index (κ3) is 10.5. The van der Waals surface area contributed by atoms with Crippen LogP contribution in [0.15, 0.2) is 0 Å². The predicted molar refractivity (Wildman–Crippen MR) is 53.2 cm³/mol. The van der Waals surface area contributed by atoms with Crippen LogP contribution in [0.4, 0.5) is 0 Å². The Balaban J connectivity index is 2.69. The summed E-state index contributed by atoms with van der Waals surface area (Å²) in [5.41, 5.74) is 0. The number of unbranched alkanes of at least 4 members (excludes halogenated alkanes) is 7. The Labute approximate surface area is 80.2 Å². The van der Waals surface area contributed by atoms with E-state index in [-0.39, 0.29) is 0 Å². The van der Waals surface area contributed by atoms with Crippen LogP contribution in [0.1, 0.15) is 58.3 Å². The fourth-order valence-electron chi connectivity index (χ4n) is 1.28. The average molecular weight is 168 g/mol. The summed E-state index contributed by atoms with van der Waals surface area (Å²) in [6.45, 7) is 2.27. The maximum atomic E-state index is 2.79. The first kappa shape index (κ1) is 11.5. The molecular formula is C10H21Al+2. The molecule has 0 aromatic rings. The van der Waals surface area contributed by atoms with Gasteiger partial charge in [-0.25, -0.2) is 0 Å². The molecule has 0 aliphatic carbocycles. The van der Waals surface area contributed by atoms with E-state index in [0.29, 0.717) is 0 Å². The molecule has 0 heterocycles. The van der Waals surface area contributed by atoms with Crippen molar-refractivity contribution in [1.29, 1.82) is 0 Å². The molecule has 0 fully saturated rings. The molecule has 0 saturated carbocycles. The second-order valence-corrected chi connectivity index (χ2v) is 3.84. The van der Waals surface area contributed by atoms with Gasteiger partial charge in [0.25, 0.3) is 0 Å². The summed E-state index contributed by atoms with van der Waals surface area (Å²) in [5, 5.41) is 1.29. The first-order chi connectivity index (χ1) is 5.41. The Morgan fingerprint density at radius 2 is 1.18 bits per heavy atom. The fourth-order valence-corrected chi connectivity index (χ4v) is 1.57. The number of rotatable bonds is 8. The Morgan fingerprint density at radius 3 is 1.64 bits per heavy atom. The van der Waals surface area contributed by atoms with Crippen molar-refractivity contribution in [2.75, 3.05) is 0 Å². The SMILES string of the molecule is CCCCCCCCC[CH2][Al+2]. The zero-order valence-electron chi connectivity index (χ0n) is 7.94. The van der Waals surface area contributed by atoms with E-state index in [1.54, 1.807) is 0 Å². The van der Waals surface area contributed by atoms with Crippen molar-refractivity contribution in [2.24, 2.45) is 0 Å². The van der Waals surface area contributed by atoms with Crippen LogP contribution in [0.2, 0.25) is 5.28 Å². The average Bonchev–Trinajstić information content (AvgIpc) is 2.03. The molecule has 1 heteroatoms. The molecule has 0 N–H and O–H groups in total. The van der Waals surface area contributed by atoms with Gasteiger partial charge >= 0.3 is 79.9 Å². The van der Waals surface area contributed by atoms with Crippen LogP contribution >= 0.6 is 0 Å². The van der Waals surface area contributed by atoms with Gasteiger partial charge in [-0.2, -0.15) is 0 Å². The van der Waals surface area contributed by atoms with E-state index in [1.807, 2.05) is 0 Å². The van der Waals surface area contributed by atoms with Gasteiger partial charge in [0.15, 0.2) is 0 Å². The summed E-state index contributed by atoms with van der Waals surface area (Å²) in [6, 6.07) is 0. The van der Waals surface area contributed by atoms with Crippen molar-refractivity contribution in [3.05, 3.63) is 0 Å². The van der Waals surface area contributed by atoms with E-state index in [9.17, 15) is 0 Å². The van der Waals surface area contributed by atoms with Gasteiger partial charge in [0, 0.05) is 0 Å². The molecule has 0 unspecified atom stereocenters. The van der Waals surface area contributed by atoms with E-state index in [2.05, 4.69) is 23.2 Å². The van der Waals surface area contributed by atoms with Gasteiger partial charge in [-0.1, -0.05) is 0 Å². The van der Waals surface area contributed by atoms with E-state index < -0.39 is 0 Å². The molecule has 0 aliphatic heterocycles. The Bertz CT molecular complexity index is 53.9. The van der Waals surface area contributed by atoms with Crippen molar-refractivity contribution >= 4 is 16.3 Å². The predicted octanol–water partition coefficient (Wildman–Crippen LogP) is 3.71. The van der Waals surface area contributed by atoms with Gasteiger partial charge in [-0.15, -0.1) is 0 Å². The molecule has 0 rings (SSSR count). The molecule has 0 radical (unpaired) electrons. The molecule has 0 aromatic heterocycles. The van der Waals surface area contributed by atoms with Crippen molar-refractivity contribution in [3.8, 4) is 0 Å². The minimum atomic E-state index is 1.29. The summed E-state index contributed by atoms with van der Waals surface area (Å²) >= 11 is 2.79. The zero-order valence-corrected chi connectivity index (χ0v) is 9.10. The monoisotopic (exact) mass is 168 g/mol. The summed E-state index contributed by atoms with van der Waals surface area (Å²) in [5.74, 6) is 0. The minimum absolute atomic E-state index is 1.29. The fraction of sp³-hybridized carbons (Fsp3) is 1.00. The van der Waals surface area contributed by atoms with Crippen molar-refractivity contribution in [1.82, 2.24) is 0 Å². The van der Waals surface area contributed by atoms with Gasteiger partial charge in [-0.3, -0.25) is 0 Å². The quantitative estimate of drug-likeness (QED) is 0.383. The zero-order chi connectivity index (χ0) is 8.36. The molecule has 0 saturated heterocycles. The molecule has 11 heavy (non-hydrogen) atoms. The summed E-state index contributed by atoms with van der Waals surface area (Å²) in [7, 11) is 0. The van der Waals surface area contributed by atoms with Crippen LogP contribution in [-0.4, -0.2) is 16.3 Å². The number of hydrogen-bond donors (Lipinski definition) is 0. The first-order valence-electron chi connectivity index (χ1n) is 5.12. The van der Waals surface area contributed by atoms with Crippen LogP contribution in [0.25, 0.3) is 0 Å². The van der Waals surface area contributed by atoms with Crippen LogP contribution < -0.4 is 0 Å². The van der Waals surface area contributed by atoms with Gasteiger partial charge in [-0.05, 0) is 0 Å². The standard InChI is InChI=1S/C10H21.Al/c1-3-5-7-9-10-8-6-4-2;/h1,3-10H2,2H3;/q;+2. The molecule has 0 nitrogen and oxygen atoms in total. The second kappa shape index (κ2) is 10.5. The summed E-state index contributed by atoms with van der Waals surface area (Å²) in [4.78, 5) is 0. The molecule has 0 aromatic carbocycles. The molecule has 0 atom stereocenters. The maximum absolute atomic E-state index is 2.79. The Morgan fingerprint density at radius 1 is 0.727 bits per heavy atom. The molecule has 0 spiro atoms. The van der Waals surface area contributed by atoms with Gasteiger partial charge in [0.2, 0.25) is 0 Å². The summed E-state index contributed by atoms with van der Waals surface area (Å²) in [6.07, 6.45) is 11.5. The molecular weight excluding hydrogens is 147 g/mol. The molecule has 62 valence electrons. The third-order valence-electron chi connectivity index (χ3n) is 2.06. The molecule has 0 bridgehead atoms. The van der Waals surface area contributed by atoms with Crippen molar-refractivity contribution in [2.45, 2.75) is 63.6 Å². The number of hydrogen-bond acceptors (Lipinski definition) is 0. The first-order valence-corrected chi connectivity index (χ1v) is 5.93. The topological polar surface area (TPSA) is 0 Å². The Kier molecular flexibility index (Phi) is 11.0. The Hall–Kier alpha value is 0.532. The van der Waals surface area contributed by atoms with E-state index in [4.69, 9.17) is 0 Å². The van der Waals surface area contributed by atoms with Crippen LogP contribution in [0.3, 0.4) is 0 Å². The van der Waals surface area contributed by atoms with Gasteiger partial charge in [0.1, 0.15) is 0 Å².